The molecule has 0 radical (unpaired) electrons. The standard InChI is InChI=1S/C14H21BrO2/c1-3-4-13(16)14(17)8-7-11-6-5-10(2)9-12(11)15/h5-6,9,13-14,16-17H,3-4,7-8H2,1-2H3. The number of benzene rings is 1. The van der Waals surface area contributed by atoms with E-state index in [-0.39, 0.29) is 0 Å². The smallest absolute Gasteiger partial charge is 0.0802 e. The van der Waals surface area contributed by atoms with E-state index >= 15 is 0 Å². The fourth-order valence-corrected chi connectivity index (χ4v) is 2.53. The van der Waals surface area contributed by atoms with Crippen LogP contribution >= 0.6 is 15.9 Å². The second-order valence-electron chi connectivity index (χ2n) is 4.56. The molecule has 2 atom stereocenters. The van der Waals surface area contributed by atoms with Crippen molar-refractivity contribution in [1.82, 2.24) is 0 Å². The number of aliphatic hydroxyl groups is 2. The molecular weight excluding hydrogens is 280 g/mol. The van der Waals surface area contributed by atoms with Gasteiger partial charge in [-0.1, -0.05) is 41.4 Å². The highest BCUT2D eigenvalue weighted by Gasteiger charge is 2.15. The first-order valence-corrected chi connectivity index (χ1v) is 6.95. The predicted molar refractivity (Wildman–Crippen MR) is 74.1 cm³/mol. The Bertz CT molecular complexity index is 352. The normalized spacial score (nSPS) is 14.6. The van der Waals surface area contributed by atoms with Crippen molar-refractivity contribution in [3.63, 3.8) is 0 Å². The van der Waals surface area contributed by atoms with Crippen LogP contribution in [-0.2, 0) is 6.42 Å². The molecule has 0 spiro atoms. The molecule has 0 aliphatic carbocycles. The molecule has 17 heavy (non-hydrogen) atoms. The Balaban J connectivity index is 2.49. The van der Waals surface area contributed by atoms with Crippen molar-refractivity contribution in [2.24, 2.45) is 0 Å². The highest BCUT2D eigenvalue weighted by Crippen LogP contribution is 2.21. The van der Waals surface area contributed by atoms with E-state index in [9.17, 15) is 10.2 Å². The molecule has 0 aliphatic rings. The third-order valence-electron chi connectivity index (χ3n) is 2.95. The van der Waals surface area contributed by atoms with Crippen LogP contribution in [0.2, 0.25) is 0 Å². The molecule has 96 valence electrons. The van der Waals surface area contributed by atoms with Crippen molar-refractivity contribution in [2.45, 2.75) is 51.7 Å². The van der Waals surface area contributed by atoms with Gasteiger partial charge >= 0.3 is 0 Å². The van der Waals surface area contributed by atoms with Gasteiger partial charge in [0.1, 0.15) is 0 Å². The fourth-order valence-electron chi connectivity index (χ4n) is 1.84. The quantitative estimate of drug-likeness (QED) is 0.847. The minimum atomic E-state index is -0.622. The maximum absolute atomic E-state index is 9.79. The van der Waals surface area contributed by atoms with E-state index in [1.807, 2.05) is 13.8 Å². The number of hydrogen-bond donors (Lipinski definition) is 2. The Morgan fingerprint density at radius 2 is 1.82 bits per heavy atom. The summed E-state index contributed by atoms with van der Waals surface area (Å²) >= 11 is 3.52. The summed E-state index contributed by atoms with van der Waals surface area (Å²) in [6.07, 6.45) is 1.72. The van der Waals surface area contributed by atoms with Gasteiger partial charge < -0.3 is 10.2 Å². The molecule has 0 amide bonds. The average Bonchev–Trinajstić information content (AvgIpc) is 2.27. The molecule has 0 fully saturated rings. The first-order valence-electron chi connectivity index (χ1n) is 6.15. The van der Waals surface area contributed by atoms with Gasteiger partial charge in [-0.3, -0.25) is 0 Å². The van der Waals surface area contributed by atoms with Crippen molar-refractivity contribution in [2.75, 3.05) is 0 Å². The predicted octanol–water partition coefficient (Wildman–Crippen LogP) is 3.21. The summed E-state index contributed by atoms with van der Waals surface area (Å²) in [7, 11) is 0. The van der Waals surface area contributed by atoms with Gasteiger partial charge in [-0.05, 0) is 43.4 Å². The maximum atomic E-state index is 9.79. The van der Waals surface area contributed by atoms with E-state index in [1.54, 1.807) is 0 Å². The van der Waals surface area contributed by atoms with Gasteiger partial charge in [0, 0.05) is 4.47 Å². The summed E-state index contributed by atoms with van der Waals surface area (Å²) < 4.78 is 1.08. The van der Waals surface area contributed by atoms with E-state index in [4.69, 9.17) is 0 Å². The number of aliphatic hydroxyl groups excluding tert-OH is 2. The molecule has 0 saturated heterocycles. The Labute approximate surface area is 112 Å². The molecule has 1 rings (SSSR count). The van der Waals surface area contributed by atoms with Gasteiger partial charge in [-0.25, -0.2) is 0 Å². The third-order valence-corrected chi connectivity index (χ3v) is 3.68. The van der Waals surface area contributed by atoms with Gasteiger partial charge in [0.15, 0.2) is 0 Å². The van der Waals surface area contributed by atoms with Crippen LogP contribution in [0.25, 0.3) is 0 Å². The topological polar surface area (TPSA) is 40.5 Å². The molecule has 0 saturated carbocycles. The van der Waals surface area contributed by atoms with Crippen LogP contribution in [0.15, 0.2) is 22.7 Å². The van der Waals surface area contributed by atoms with Crippen LogP contribution in [-0.4, -0.2) is 22.4 Å². The Morgan fingerprint density at radius 1 is 1.18 bits per heavy atom. The van der Waals surface area contributed by atoms with Gasteiger partial charge in [-0.2, -0.15) is 0 Å². The second kappa shape index (κ2) is 7.14. The Hall–Kier alpha value is -0.380. The lowest BCUT2D eigenvalue weighted by Gasteiger charge is -2.17. The molecule has 0 heterocycles. The summed E-state index contributed by atoms with van der Waals surface area (Å²) in [6.45, 7) is 4.06. The molecule has 2 N–H and O–H groups in total. The molecule has 0 aromatic heterocycles. The van der Waals surface area contributed by atoms with Crippen molar-refractivity contribution in [1.29, 1.82) is 0 Å². The highest BCUT2D eigenvalue weighted by atomic mass is 79.9. The van der Waals surface area contributed by atoms with E-state index in [2.05, 4.69) is 34.1 Å². The average molecular weight is 301 g/mol. The van der Waals surface area contributed by atoms with Crippen LogP contribution in [0.1, 0.15) is 37.3 Å². The van der Waals surface area contributed by atoms with Gasteiger partial charge in [0.05, 0.1) is 12.2 Å². The molecule has 1 aromatic rings. The van der Waals surface area contributed by atoms with Crippen molar-refractivity contribution in [3.05, 3.63) is 33.8 Å². The lowest BCUT2D eigenvalue weighted by molar-refractivity contribution is 0.00979. The zero-order chi connectivity index (χ0) is 12.8. The monoisotopic (exact) mass is 300 g/mol. The van der Waals surface area contributed by atoms with Gasteiger partial charge in [0.2, 0.25) is 0 Å². The zero-order valence-corrected chi connectivity index (χ0v) is 12.1. The minimum absolute atomic E-state index is 0.593. The van der Waals surface area contributed by atoms with Crippen LogP contribution < -0.4 is 0 Å². The third kappa shape index (κ3) is 4.78. The molecule has 1 aromatic carbocycles. The lowest BCUT2D eigenvalue weighted by atomic mass is 10.0. The number of aryl methyl sites for hydroxylation is 2. The second-order valence-corrected chi connectivity index (χ2v) is 5.41. The number of hydrogen-bond acceptors (Lipinski definition) is 2. The van der Waals surface area contributed by atoms with Crippen LogP contribution in [0.3, 0.4) is 0 Å². The SMILES string of the molecule is CCCC(O)C(O)CCc1ccc(C)cc1Br. The van der Waals surface area contributed by atoms with Crippen LogP contribution in [0, 0.1) is 6.92 Å². The zero-order valence-electron chi connectivity index (χ0n) is 10.5. The summed E-state index contributed by atoms with van der Waals surface area (Å²) in [5.74, 6) is 0. The first-order chi connectivity index (χ1) is 8.04. The number of halogens is 1. The molecule has 2 nitrogen and oxygen atoms in total. The van der Waals surface area contributed by atoms with E-state index < -0.39 is 12.2 Å². The van der Waals surface area contributed by atoms with Gasteiger partial charge in [-0.15, -0.1) is 0 Å². The van der Waals surface area contributed by atoms with E-state index in [0.717, 1.165) is 17.3 Å². The fraction of sp³-hybridized carbons (Fsp3) is 0.571. The first kappa shape index (κ1) is 14.7. The molecule has 2 unspecified atom stereocenters. The van der Waals surface area contributed by atoms with Crippen molar-refractivity contribution < 1.29 is 10.2 Å². The largest absolute Gasteiger partial charge is 0.390 e. The van der Waals surface area contributed by atoms with Crippen LogP contribution in [0.5, 0.6) is 0 Å². The summed E-state index contributed by atoms with van der Waals surface area (Å²) in [4.78, 5) is 0. The van der Waals surface area contributed by atoms with E-state index in [0.29, 0.717) is 12.8 Å². The number of rotatable bonds is 6. The highest BCUT2D eigenvalue weighted by molar-refractivity contribution is 9.10. The molecule has 0 bridgehead atoms. The minimum Gasteiger partial charge on any atom is -0.390 e. The van der Waals surface area contributed by atoms with Crippen molar-refractivity contribution in [3.8, 4) is 0 Å². The Morgan fingerprint density at radius 3 is 2.41 bits per heavy atom. The lowest BCUT2D eigenvalue weighted by Crippen LogP contribution is -2.26. The summed E-state index contributed by atoms with van der Waals surface area (Å²) in [5.41, 5.74) is 2.39. The summed E-state index contributed by atoms with van der Waals surface area (Å²) in [5, 5.41) is 19.4. The van der Waals surface area contributed by atoms with Crippen molar-refractivity contribution >= 4 is 15.9 Å². The molecular formula is C14H21BrO2. The van der Waals surface area contributed by atoms with Gasteiger partial charge in [0.25, 0.3) is 0 Å². The maximum Gasteiger partial charge on any atom is 0.0802 e. The summed E-state index contributed by atoms with van der Waals surface area (Å²) in [6, 6.07) is 6.21. The van der Waals surface area contributed by atoms with E-state index in [1.165, 1.54) is 11.1 Å². The Kier molecular flexibility index (Phi) is 6.17. The molecule has 0 aliphatic heterocycles. The molecule has 3 heteroatoms. The van der Waals surface area contributed by atoms with Crippen LogP contribution in [0.4, 0.5) is 0 Å².